The third kappa shape index (κ3) is 5.16. The fraction of sp³-hybridized carbons (Fsp3) is 0.727. The predicted octanol–water partition coefficient (Wildman–Crippen LogP) is 1.85. The summed E-state index contributed by atoms with van der Waals surface area (Å²) in [6.07, 6.45) is 2.96. The summed E-state index contributed by atoms with van der Waals surface area (Å²) in [6.45, 7) is 6.52. The number of rotatable bonds is 4. The molecule has 1 atom stereocenters. The number of ether oxygens (including phenoxy) is 2. The Balaban J connectivity index is 4.28. The van der Waals surface area contributed by atoms with Crippen molar-refractivity contribution < 1.29 is 14.3 Å². The Morgan fingerprint density at radius 2 is 2.00 bits per heavy atom. The van der Waals surface area contributed by atoms with Crippen LogP contribution < -0.4 is 0 Å². The fourth-order valence-electron chi connectivity index (χ4n) is 1.01. The van der Waals surface area contributed by atoms with Gasteiger partial charge in [0.15, 0.2) is 0 Å². The van der Waals surface area contributed by atoms with Crippen LogP contribution in [0, 0.1) is 12.0 Å². The van der Waals surface area contributed by atoms with Crippen molar-refractivity contribution in [1.82, 2.24) is 4.90 Å². The second-order valence-corrected chi connectivity index (χ2v) is 2.91. The largest absolute Gasteiger partial charge is 0.450 e. The molecule has 0 aliphatic heterocycles. The van der Waals surface area contributed by atoms with Crippen LogP contribution in [0.1, 0.15) is 27.2 Å². The molecular weight excluding hydrogens is 194 g/mol. The zero-order valence-corrected chi connectivity index (χ0v) is 9.87. The van der Waals surface area contributed by atoms with Gasteiger partial charge in [-0.1, -0.05) is 6.92 Å². The van der Waals surface area contributed by atoms with Crippen LogP contribution in [0.3, 0.4) is 0 Å². The lowest BCUT2D eigenvalue weighted by atomic mass is 10.2. The van der Waals surface area contributed by atoms with E-state index in [-0.39, 0.29) is 12.1 Å². The van der Waals surface area contributed by atoms with E-state index in [1.807, 2.05) is 13.8 Å². The van der Waals surface area contributed by atoms with E-state index in [9.17, 15) is 4.79 Å². The van der Waals surface area contributed by atoms with Crippen LogP contribution in [-0.2, 0) is 9.47 Å². The quantitative estimate of drug-likeness (QED) is 0.669. The van der Waals surface area contributed by atoms with Gasteiger partial charge in [0.1, 0.15) is 6.11 Å². The molecule has 0 aromatic heterocycles. The summed E-state index contributed by atoms with van der Waals surface area (Å²) < 4.78 is 9.79. The molecule has 86 valence electrons. The molecule has 0 aliphatic rings. The topological polar surface area (TPSA) is 38.8 Å². The maximum Gasteiger partial charge on any atom is 0.410 e. The van der Waals surface area contributed by atoms with Crippen molar-refractivity contribution in [3.8, 4) is 12.0 Å². The van der Waals surface area contributed by atoms with Crippen molar-refractivity contribution in [3.05, 3.63) is 0 Å². The van der Waals surface area contributed by atoms with Gasteiger partial charge in [0, 0.05) is 7.05 Å². The van der Waals surface area contributed by atoms with Crippen LogP contribution >= 0.6 is 0 Å². The van der Waals surface area contributed by atoms with Gasteiger partial charge in [0.25, 0.3) is 0 Å². The first-order valence-corrected chi connectivity index (χ1v) is 5.19. The second kappa shape index (κ2) is 7.98. The number of amides is 1. The molecular formula is C11H19NO3. The van der Waals surface area contributed by atoms with Crippen LogP contribution in [0.25, 0.3) is 0 Å². The van der Waals surface area contributed by atoms with Crippen molar-refractivity contribution >= 4 is 6.09 Å². The summed E-state index contributed by atoms with van der Waals surface area (Å²) in [6, 6.07) is -0.157. The van der Waals surface area contributed by atoms with Gasteiger partial charge in [-0.15, -0.1) is 0 Å². The highest BCUT2D eigenvalue weighted by Gasteiger charge is 2.16. The molecule has 0 N–H and O–H groups in total. The van der Waals surface area contributed by atoms with Gasteiger partial charge in [-0.2, -0.15) is 0 Å². The summed E-state index contributed by atoms with van der Waals surface area (Å²) in [5.41, 5.74) is 0. The normalized spacial score (nSPS) is 10.9. The minimum Gasteiger partial charge on any atom is -0.450 e. The Labute approximate surface area is 91.5 Å². The molecule has 4 heteroatoms. The number of hydrogen-bond donors (Lipinski definition) is 0. The van der Waals surface area contributed by atoms with Gasteiger partial charge < -0.3 is 9.47 Å². The molecule has 0 bridgehead atoms. The van der Waals surface area contributed by atoms with Crippen molar-refractivity contribution in [2.45, 2.75) is 33.2 Å². The third-order valence-corrected chi connectivity index (χ3v) is 1.85. The molecule has 0 heterocycles. The standard InChI is InChI=1S/C11H19NO3/c1-5-10(8-9-14-6-2)12(4)11(13)15-7-3/h10H,5-7H2,1-4H3. The Hall–Kier alpha value is -1.37. The molecule has 4 nitrogen and oxygen atoms in total. The molecule has 0 saturated carbocycles. The highest BCUT2D eigenvalue weighted by Crippen LogP contribution is 2.02. The molecule has 1 unspecified atom stereocenters. The summed E-state index contributed by atoms with van der Waals surface area (Å²) in [4.78, 5) is 12.9. The van der Waals surface area contributed by atoms with Crippen LogP contribution in [0.15, 0.2) is 0 Å². The van der Waals surface area contributed by atoms with Gasteiger partial charge in [-0.3, -0.25) is 4.90 Å². The molecule has 0 radical (unpaired) electrons. The molecule has 0 aliphatic carbocycles. The molecule has 0 aromatic carbocycles. The Bertz CT molecular complexity index is 242. The van der Waals surface area contributed by atoms with Crippen LogP contribution in [0.4, 0.5) is 4.79 Å². The Morgan fingerprint density at radius 3 is 2.47 bits per heavy atom. The van der Waals surface area contributed by atoms with E-state index in [2.05, 4.69) is 12.0 Å². The van der Waals surface area contributed by atoms with E-state index < -0.39 is 0 Å². The van der Waals surface area contributed by atoms with Crippen molar-refractivity contribution in [1.29, 1.82) is 0 Å². The highest BCUT2D eigenvalue weighted by atomic mass is 16.6. The van der Waals surface area contributed by atoms with Gasteiger partial charge in [-0.05, 0) is 26.2 Å². The molecule has 0 aromatic rings. The van der Waals surface area contributed by atoms with E-state index in [1.165, 1.54) is 4.90 Å². The number of carbonyl (C=O) groups excluding carboxylic acids is 1. The van der Waals surface area contributed by atoms with Crippen molar-refractivity contribution in [2.75, 3.05) is 20.3 Å². The van der Waals surface area contributed by atoms with E-state index >= 15 is 0 Å². The lowest BCUT2D eigenvalue weighted by molar-refractivity contribution is 0.108. The van der Waals surface area contributed by atoms with E-state index in [1.54, 1.807) is 14.0 Å². The first-order chi connectivity index (χ1) is 7.17. The maximum atomic E-state index is 11.4. The summed E-state index contributed by atoms with van der Waals surface area (Å²) in [5.74, 6) is 2.86. The molecule has 0 spiro atoms. The molecule has 1 amide bonds. The minimum atomic E-state index is -0.352. The van der Waals surface area contributed by atoms with Gasteiger partial charge >= 0.3 is 6.09 Å². The molecule has 0 saturated heterocycles. The first-order valence-electron chi connectivity index (χ1n) is 5.19. The van der Waals surface area contributed by atoms with Crippen molar-refractivity contribution in [2.24, 2.45) is 0 Å². The number of nitrogens with zero attached hydrogens (tertiary/aromatic N) is 1. The van der Waals surface area contributed by atoms with Gasteiger partial charge in [0.05, 0.1) is 19.3 Å². The Kier molecular flexibility index (Phi) is 7.25. The van der Waals surface area contributed by atoms with E-state index in [0.717, 1.165) is 6.42 Å². The molecule has 0 rings (SSSR count). The van der Waals surface area contributed by atoms with Crippen LogP contribution in [-0.4, -0.2) is 37.3 Å². The summed E-state index contributed by atoms with van der Waals surface area (Å²) in [5, 5.41) is 0. The average Bonchev–Trinajstić information content (AvgIpc) is 2.24. The predicted molar refractivity (Wildman–Crippen MR) is 58.3 cm³/mol. The Morgan fingerprint density at radius 1 is 1.33 bits per heavy atom. The fourth-order valence-corrected chi connectivity index (χ4v) is 1.01. The zero-order valence-electron chi connectivity index (χ0n) is 9.87. The van der Waals surface area contributed by atoms with Gasteiger partial charge in [-0.25, -0.2) is 4.79 Å². The third-order valence-electron chi connectivity index (χ3n) is 1.85. The molecule has 0 fully saturated rings. The lowest BCUT2D eigenvalue weighted by Crippen LogP contribution is -2.36. The SMILES string of the molecule is CCOC#CC(CC)N(C)C(=O)OCC. The minimum absolute atomic E-state index is 0.157. The smallest absolute Gasteiger partial charge is 0.410 e. The zero-order chi connectivity index (χ0) is 11.7. The number of carbonyl (C=O) groups is 1. The average molecular weight is 213 g/mol. The van der Waals surface area contributed by atoms with E-state index in [0.29, 0.717) is 13.2 Å². The van der Waals surface area contributed by atoms with Crippen molar-refractivity contribution in [3.63, 3.8) is 0 Å². The summed E-state index contributed by atoms with van der Waals surface area (Å²) >= 11 is 0. The first kappa shape index (κ1) is 13.6. The second-order valence-electron chi connectivity index (χ2n) is 2.91. The van der Waals surface area contributed by atoms with E-state index in [4.69, 9.17) is 9.47 Å². The lowest BCUT2D eigenvalue weighted by Gasteiger charge is -2.21. The van der Waals surface area contributed by atoms with Crippen LogP contribution in [0.5, 0.6) is 0 Å². The number of hydrogen-bond acceptors (Lipinski definition) is 3. The monoisotopic (exact) mass is 213 g/mol. The highest BCUT2D eigenvalue weighted by molar-refractivity contribution is 5.68. The molecule has 15 heavy (non-hydrogen) atoms. The van der Waals surface area contributed by atoms with Gasteiger partial charge in [0.2, 0.25) is 0 Å². The summed E-state index contributed by atoms with van der Waals surface area (Å²) in [7, 11) is 1.67. The maximum absolute atomic E-state index is 11.4. The van der Waals surface area contributed by atoms with Crippen LogP contribution in [0.2, 0.25) is 0 Å².